The predicted octanol–water partition coefficient (Wildman–Crippen LogP) is 4.24. The third-order valence-corrected chi connectivity index (χ3v) is 3.97. The molecule has 0 aromatic heterocycles. The van der Waals surface area contributed by atoms with Crippen molar-refractivity contribution in [2.75, 3.05) is 0 Å². The summed E-state index contributed by atoms with van der Waals surface area (Å²) in [7, 11) is 0. The molecule has 1 atom stereocenters. The molecular weight excluding hydrogens is 232 g/mol. The van der Waals surface area contributed by atoms with Crippen molar-refractivity contribution < 1.29 is 5.11 Å². The molecule has 1 heteroatoms. The first-order valence-corrected chi connectivity index (χ1v) is 7.17. The van der Waals surface area contributed by atoms with Crippen LogP contribution in [0.25, 0.3) is 10.8 Å². The highest BCUT2D eigenvalue weighted by atomic mass is 16.3. The first-order valence-electron chi connectivity index (χ1n) is 7.17. The second-order valence-corrected chi connectivity index (χ2v) is 5.45. The third kappa shape index (κ3) is 2.87. The van der Waals surface area contributed by atoms with Gasteiger partial charge in [0.1, 0.15) is 0 Å². The molecule has 1 unspecified atom stereocenters. The predicted molar refractivity (Wildman–Crippen MR) is 80.2 cm³/mol. The molecule has 2 aromatic rings. The molecule has 98 valence electrons. The molecule has 0 bridgehead atoms. The Balaban J connectivity index is 1.92. The Hall–Kier alpha value is -1.60. The molecule has 0 aliphatic heterocycles. The number of hydrogen-bond donors (Lipinski definition) is 1. The number of benzene rings is 2. The maximum Gasteiger partial charge on any atom is 0.0723 e. The van der Waals surface area contributed by atoms with Crippen LogP contribution in [0.4, 0.5) is 0 Å². The molecule has 1 N–H and O–H groups in total. The van der Waals surface area contributed by atoms with Crippen molar-refractivity contribution in [1.82, 2.24) is 0 Å². The number of rotatable bonds is 2. The summed E-state index contributed by atoms with van der Waals surface area (Å²) in [6, 6.07) is 15.0. The first-order chi connectivity index (χ1) is 9.33. The van der Waals surface area contributed by atoms with E-state index in [1.165, 1.54) is 28.3 Å². The van der Waals surface area contributed by atoms with E-state index in [2.05, 4.69) is 48.5 Å². The highest BCUT2D eigenvalue weighted by molar-refractivity contribution is 5.85. The SMILES string of the molecule is OC1C=C(Cc2cccc3ccccc23)CCCC1. The Bertz CT molecular complexity index is 592. The van der Waals surface area contributed by atoms with Crippen molar-refractivity contribution in [3.63, 3.8) is 0 Å². The van der Waals surface area contributed by atoms with E-state index in [1.54, 1.807) is 0 Å². The summed E-state index contributed by atoms with van der Waals surface area (Å²) >= 11 is 0. The smallest absolute Gasteiger partial charge is 0.0723 e. The minimum absolute atomic E-state index is 0.243. The number of allylic oxidation sites excluding steroid dienone is 1. The van der Waals surface area contributed by atoms with Gasteiger partial charge in [-0.3, -0.25) is 0 Å². The lowest BCUT2D eigenvalue weighted by atomic mass is 9.96. The van der Waals surface area contributed by atoms with E-state index in [9.17, 15) is 5.11 Å². The van der Waals surface area contributed by atoms with Crippen LogP contribution in [0.2, 0.25) is 0 Å². The van der Waals surface area contributed by atoms with Gasteiger partial charge in [-0.1, -0.05) is 60.5 Å². The summed E-state index contributed by atoms with van der Waals surface area (Å²) in [6.07, 6.45) is 7.18. The van der Waals surface area contributed by atoms with Crippen LogP contribution < -0.4 is 0 Å². The molecule has 3 rings (SSSR count). The molecule has 0 radical (unpaired) electrons. The molecular formula is C18H20O. The summed E-state index contributed by atoms with van der Waals surface area (Å²) in [5.41, 5.74) is 2.76. The van der Waals surface area contributed by atoms with E-state index in [-0.39, 0.29) is 6.10 Å². The average Bonchev–Trinajstić information content (AvgIpc) is 2.63. The molecule has 0 saturated heterocycles. The molecule has 19 heavy (non-hydrogen) atoms. The van der Waals surface area contributed by atoms with E-state index in [1.807, 2.05) is 0 Å². The Labute approximate surface area is 114 Å². The van der Waals surface area contributed by atoms with Crippen LogP contribution in [0.15, 0.2) is 54.1 Å². The Morgan fingerprint density at radius 2 is 1.84 bits per heavy atom. The van der Waals surface area contributed by atoms with Gasteiger partial charge in [0.2, 0.25) is 0 Å². The summed E-state index contributed by atoms with van der Waals surface area (Å²) in [5.74, 6) is 0. The lowest BCUT2D eigenvalue weighted by Gasteiger charge is -2.10. The second kappa shape index (κ2) is 5.58. The molecule has 2 aromatic carbocycles. The molecule has 0 spiro atoms. The van der Waals surface area contributed by atoms with Gasteiger partial charge in [-0.05, 0) is 42.0 Å². The van der Waals surface area contributed by atoms with Crippen LogP contribution in [0.5, 0.6) is 0 Å². The van der Waals surface area contributed by atoms with Crippen molar-refractivity contribution in [3.05, 3.63) is 59.7 Å². The van der Waals surface area contributed by atoms with Gasteiger partial charge in [0.15, 0.2) is 0 Å². The van der Waals surface area contributed by atoms with E-state index < -0.39 is 0 Å². The van der Waals surface area contributed by atoms with Crippen molar-refractivity contribution in [3.8, 4) is 0 Å². The zero-order chi connectivity index (χ0) is 13.1. The zero-order valence-electron chi connectivity index (χ0n) is 11.2. The number of aliphatic hydroxyl groups is 1. The van der Waals surface area contributed by atoms with Crippen LogP contribution in [0.1, 0.15) is 31.2 Å². The van der Waals surface area contributed by atoms with Gasteiger partial charge in [-0.15, -0.1) is 0 Å². The van der Waals surface area contributed by atoms with E-state index in [0.717, 1.165) is 25.7 Å². The van der Waals surface area contributed by atoms with Crippen LogP contribution in [0, 0.1) is 0 Å². The quantitative estimate of drug-likeness (QED) is 0.792. The lowest BCUT2D eigenvalue weighted by molar-refractivity contribution is 0.211. The summed E-state index contributed by atoms with van der Waals surface area (Å²) < 4.78 is 0. The van der Waals surface area contributed by atoms with Gasteiger partial charge in [0.25, 0.3) is 0 Å². The van der Waals surface area contributed by atoms with E-state index >= 15 is 0 Å². The number of fused-ring (bicyclic) bond motifs is 1. The second-order valence-electron chi connectivity index (χ2n) is 5.45. The Morgan fingerprint density at radius 3 is 2.79 bits per heavy atom. The van der Waals surface area contributed by atoms with Crippen molar-refractivity contribution in [2.24, 2.45) is 0 Å². The average molecular weight is 252 g/mol. The Morgan fingerprint density at radius 1 is 1.00 bits per heavy atom. The normalized spacial score (nSPS) is 20.1. The Kier molecular flexibility index (Phi) is 3.65. The highest BCUT2D eigenvalue weighted by Gasteiger charge is 2.10. The number of hydrogen-bond acceptors (Lipinski definition) is 1. The van der Waals surface area contributed by atoms with Gasteiger partial charge in [0, 0.05) is 0 Å². The van der Waals surface area contributed by atoms with Gasteiger partial charge in [-0.25, -0.2) is 0 Å². The lowest BCUT2D eigenvalue weighted by Crippen LogP contribution is -2.01. The fourth-order valence-electron chi connectivity index (χ4n) is 2.98. The third-order valence-electron chi connectivity index (χ3n) is 3.97. The molecule has 0 saturated carbocycles. The maximum absolute atomic E-state index is 9.87. The minimum atomic E-state index is -0.243. The van der Waals surface area contributed by atoms with E-state index in [0.29, 0.717) is 0 Å². The fraction of sp³-hybridized carbons (Fsp3) is 0.333. The fourth-order valence-corrected chi connectivity index (χ4v) is 2.98. The summed E-state index contributed by atoms with van der Waals surface area (Å²) in [6.45, 7) is 0. The van der Waals surface area contributed by atoms with Gasteiger partial charge in [-0.2, -0.15) is 0 Å². The zero-order valence-corrected chi connectivity index (χ0v) is 11.2. The van der Waals surface area contributed by atoms with Crippen molar-refractivity contribution in [1.29, 1.82) is 0 Å². The summed E-state index contributed by atoms with van der Waals surface area (Å²) in [4.78, 5) is 0. The first kappa shape index (κ1) is 12.4. The standard InChI is InChI=1S/C18H20O/c19-17-10-3-1-6-14(13-17)12-16-9-5-8-15-7-2-4-11-18(15)16/h2,4-5,7-9,11,13,17,19H,1,3,6,10,12H2. The monoisotopic (exact) mass is 252 g/mol. The van der Waals surface area contributed by atoms with E-state index in [4.69, 9.17) is 0 Å². The summed E-state index contributed by atoms with van der Waals surface area (Å²) in [5, 5.41) is 12.5. The molecule has 0 fully saturated rings. The molecule has 1 aliphatic rings. The van der Waals surface area contributed by atoms with Crippen LogP contribution >= 0.6 is 0 Å². The molecule has 1 aliphatic carbocycles. The number of aliphatic hydroxyl groups excluding tert-OH is 1. The molecule has 0 heterocycles. The highest BCUT2D eigenvalue weighted by Crippen LogP contribution is 2.25. The topological polar surface area (TPSA) is 20.2 Å². The van der Waals surface area contributed by atoms with Crippen LogP contribution in [-0.4, -0.2) is 11.2 Å². The minimum Gasteiger partial charge on any atom is -0.389 e. The van der Waals surface area contributed by atoms with Gasteiger partial charge < -0.3 is 5.11 Å². The van der Waals surface area contributed by atoms with Gasteiger partial charge >= 0.3 is 0 Å². The largest absolute Gasteiger partial charge is 0.389 e. The van der Waals surface area contributed by atoms with Crippen LogP contribution in [-0.2, 0) is 6.42 Å². The van der Waals surface area contributed by atoms with Crippen LogP contribution in [0.3, 0.4) is 0 Å². The molecule has 0 amide bonds. The van der Waals surface area contributed by atoms with Crippen molar-refractivity contribution in [2.45, 2.75) is 38.2 Å². The van der Waals surface area contributed by atoms with Crippen molar-refractivity contribution >= 4 is 10.8 Å². The molecule has 1 nitrogen and oxygen atoms in total. The van der Waals surface area contributed by atoms with Gasteiger partial charge in [0.05, 0.1) is 6.10 Å². The maximum atomic E-state index is 9.87.